The van der Waals surface area contributed by atoms with Crippen molar-refractivity contribution < 1.29 is 9.66 Å². The summed E-state index contributed by atoms with van der Waals surface area (Å²) in [5.41, 5.74) is 0.696. The highest BCUT2D eigenvalue weighted by Crippen LogP contribution is 2.33. The number of nitrogens with one attached hydrogen (secondary N) is 1. The molecule has 1 aliphatic rings. The Labute approximate surface area is 125 Å². The summed E-state index contributed by atoms with van der Waals surface area (Å²) in [6, 6.07) is 5.39. The van der Waals surface area contributed by atoms with Crippen molar-refractivity contribution in [3.8, 4) is 5.75 Å². The van der Waals surface area contributed by atoms with Crippen molar-refractivity contribution in [2.75, 3.05) is 11.9 Å². The van der Waals surface area contributed by atoms with Gasteiger partial charge in [0.05, 0.1) is 17.6 Å². The van der Waals surface area contributed by atoms with E-state index in [4.69, 9.17) is 4.74 Å². The van der Waals surface area contributed by atoms with E-state index < -0.39 is 0 Å². The van der Waals surface area contributed by atoms with E-state index in [-0.39, 0.29) is 10.6 Å². The summed E-state index contributed by atoms with van der Waals surface area (Å²) in [6.07, 6.45) is 5.82. The second-order valence-corrected chi connectivity index (χ2v) is 5.64. The average Bonchev–Trinajstić information content (AvgIpc) is 2.49. The highest BCUT2D eigenvalue weighted by Gasteiger charge is 2.23. The highest BCUT2D eigenvalue weighted by atomic mass is 16.6. The third-order valence-electron chi connectivity index (χ3n) is 4.26. The molecule has 2 rings (SSSR count). The van der Waals surface area contributed by atoms with E-state index in [2.05, 4.69) is 12.2 Å². The molecule has 0 atom stereocenters. The van der Waals surface area contributed by atoms with Crippen molar-refractivity contribution >= 4 is 11.4 Å². The maximum atomic E-state index is 11.2. The summed E-state index contributed by atoms with van der Waals surface area (Å²) < 4.78 is 5.34. The molecule has 5 heteroatoms. The van der Waals surface area contributed by atoms with Gasteiger partial charge in [-0.25, -0.2) is 0 Å². The third kappa shape index (κ3) is 4.09. The molecule has 1 saturated carbocycles. The number of nitrogens with zero attached hydrogens (tertiary/aromatic N) is 1. The van der Waals surface area contributed by atoms with Crippen LogP contribution in [0.15, 0.2) is 18.2 Å². The van der Waals surface area contributed by atoms with Gasteiger partial charge < -0.3 is 10.1 Å². The fourth-order valence-corrected chi connectivity index (χ4v) is 2.98. The quantitative estimate of drug-likeness (QED) is 0.624. The average molecular weight is 292 g/mol. The van der Waals surface area contributed by atoms with Crippen molar-refractivity contribution in [1.82, 2.24) is 0 Å². The van der Waals surface area contributed by atoms with Gasteiger partial charge in [0, 0.05) is 6.04 Å². The number of ether oxygens (including phenoxy) is 1. The molecule has 0 spiro atoms. The Kier molecular flexibility index (Phi) is 5.42. The van der Waals surface area contributed by atoms with Crippen LogP contribution < -0.4 is 10.1 Å². The van der Waals surface area contributed by atoms with Crippen molar-refractivity contribution in [1.29, 1.82) is 0 Å². The molecule has 1 aromatic rings. The Morgan fingerprint density at radius 3 is 2.57 bits per heavy atom. The zero-order valence-electron chi connectivity index (χ0n) is 12.8. The van der Waals surface area contributed by atoms with Gasteiger partial charge >= 0.3 is 0 Å². The van der Waals surface area contributed by atoms with Crippen LogP contribution in [0.2, 0.25) is 0 Å². The van der Waals surface area contributed by atoms with E-state index in [1.54, 1.807) is 12.1 Å². The molecule has 1 aromatic carbocycles. The van der Waals surface area contributed by atoms with E-state index in [0.717, 1.165) is 18.8 Å². The van der Waals surface area contributed by atoms with E-state index in [1.807, 2.05) is 6.92 Å². The van der Waals surface area contributed by atoms with Gasteiger partial charge in [-0.05, 0) is 50.7 Å². The maximum Gasteiger partial charge on any atom is 0.296 e. The fourth-order valence-electron chi connectivity index (χ4n) is 2.98. The second-order valence-electron chi connectivity index (χ2n) is 5.64. The van der Waals surface area contributed by atoms with Crippen molar-refractivity contribution in [3.05, 3.63) is 28.3 Å². The summed E-state index contributed by atoms with van der Waals surface area (Å²) in [5, 5.41) is 14.6. The lowest BCUT2D eigenvalue weighted by Gasteiger charge is -2.29. The van der Waals surface area contributed by atoms with Crippen molar-refractivity contribution in [2.24, 2.45) is 5.92 Å². The van der Waals surface area contributed by atoms with Crippen LogP contribution >= 0.6 is 0 Å². The lowest BCUT2D eigenvalue weighted by atomic mass is 9.84. The van der Waals surface area contributed by atoms with E-state index >= 15 is 0 Å². The first kappa shape index (κ1) is 15.6. The predicted molar refractivity (Wildman–Crippen MR) is 83.9 cm³/mol. The molecule has 1 fully saturated rings. The molecular weight excluding hydrogens is 268 g/mol. The molecule has 0 amide bonds. The fraction of sp³-hybridized carbons (Fsp3) is 0.625. The Morgan fingerprint density at radius 1 is 1.29 bits per heavy atom. The molecule has 0 heterocycles. The van der Waals surface area contributed by atoms with Crippen molar-refractivity contribution in [3.63, 3.8) is 0 Å². The molecule has 0 radical (unpaired) electrons. The zero-order chi connectivity index (χ0) is 15.2. The van der Waals surface area contributed by atoms with Gasteiger partial charge in [-0.15, -0.1) is 0 Å². The Balaban J connectivity index is 2.07. The third-order valence-corrected chi connectivity index (χ3v) is 4.26. The number of nitro groups is 1. The van der Waals surface area contributed by atoms with Gasteiger partial charge in [0.15, 0.2) is 0 Å². The number of hydrogen-bond acceptors (Lipinski definition) is 4. The summed E-state index contributed by atoms with van der Waals surface area (Å²) in [4.78, 5) is 10.9. The van der Waals surface area contributed by atoms with E-state index in [0.29, 0.717) is 24.1 Å². The van der Waals surface area contributed by atoms with Crippen molar-refractivity contribution in [2.45, 2.75) is 52.0 Å². The van der Waals surface area contributed by atoms with Gasteiger partial charge in [-0.3, -0.25) is 10.1 Å². The van der Waals surface area contributed by atoms with Crippen LogP contribution in [0, 0.1) is 16.0 Å². The SMILES string of the molecule is CCOc1ccc(NC2CCC(CC)CC2)c([N+](=O)[O-])c1. The molecule has 0 unspecified atom stereocenters. The molecular formula is C16H24N2O3. The molecule has 0 aliphatic heterocycles. The van der Waals surface area contributed by atoms with Crippen LogP contribution in [0.5, 0.6) is 5.75 Å². The van der Waals surface area contributed by atoms with Crippen LogP contribution in [0.4, 0.5) is 11.4 Å². The van der Waals surface area contributed by atoms with E-state index in [1.165, 1.54) is 25.3 Å². The summed E-state index contributed by atoms with van der Waals surface area (Å²) in [7, 11) is 0. The highest BCUT2D eigenvalue weighted by molar-refractivity contribution is 5.64. The topological polar surface area (TPSA) is 64.4 Å². The molecule has 0 bridgehead atoms. The monoisotopic (exact) mass is 292 g/mol. The lowest BCUT2D eigenvalue weighted by molar-refractivity contribution is -0.384. The van der Waals surface area contributed by atoms with E-state index in [9.17, 15) is 10.1 Å². The zero-order valence-corrected chi connectivity index (χ0v) is 12.8. The second kappa shape index (κ2) is 7.29. The molecule has 0 aromatic heterocycles. The molecule has 5 nitrogen and oxygen atoms in total. The standard InChI is InChI=1S/C16H24N2O3/c1-3-12-5-7-13(8-6-12)17-15-10-9-14(21-4-2)11-16(15)18(19)20/h9-13,17H,3-8H2,1-2H3. The Hall–Kier alpha value is -1.78. The Bertz CT molecular complexity index is 482. The molecule has 1 aliphatic carbocycles. The van der Waals surface area contributed by atoms with Crippen LogP contribution in [-0.2, 0) is 0 Å². The Morgan fingerprint density at radius 2 is 2.00 bits per heavy atom. The van der Waals surface area contributed by atoms with Gasteiger partial charge in [0.1, 0.15) is 11.4 Å². The minimum atomic E-state index is -0.345. The van der Waals surface area contributed by atoms with Crippen LogP contribution in [-0.4, -0.2) is 17.6 Å². The summed E-state index contributed by atoms with van der Waals surface area (Å²) >= 11 is 0. The predicted octanol–water partition coefficient (Wildman–Crippen LogP) is 4.37. The number of benzene rings is 1. The largest absolute Gasteiger partial charge is 0.494 e. The van der Waals surface area contributed by atoms with Crippen LogP contribution in [0.3, 0.4) is 0 Å². The summed E-state index contributed by atoms with van der Waals surface area (Å²) in [5.74, 6) is 1.36. The number of hydrogen-bond donors (Lipinski definition) is 1. The van der Waals surface area contributed by atoms with Gasteiger partial charge in [-0.1, -0.05) is 13.3 Å². The number of rotatable bonds is 6. The lowest BCUT2D eigenvalue weighted by Crippen LogP contribution is -2.26. The number of nitro benzene ring substituents is 1. The van der Waals surface area contributed by atoms with Crippen LogP contribution in [0.25, 0.3) is 0 Å². The molecule has 21 heavy (non-hydrogen) atoms. The molecule has 0 saturated heterocycles. The maximum absolute atomic E-state index is 11.2. The number of anilines is 1. The first-order chi connectivity index (χ1) is 10.1. The molecule has 116 valence electrons. The first-order valence-corrected chi connectivity index (χ1v) is 7.81. The smallest absolute Gasteiger partial charge is 0.296 e. The van der Waals surface area contributed by atoms with Gasteiger partial charge in [0.25, 0.3) is 5.69 Å². The summed E-state index contributed by atoms with van der Waals surface area (Å²) in [6.45, 7) is 4.60. The van der Waals surface area contributed by atoms with Crippen LogP contribution in [0.1, 0.15) is 46.0 Å². The minimum Gasteiger partial charge on any atom is -0.494 e. The minimum absolute atomic E-state index is 0.0959. The normalized spacial score (nSPS) is 21.8. The molecule has 1 N–H and O–H groups in total. The van der Waals surface area contributed by atoms with Gasteiger partial charge in [0.2, 0.25) is 0 Å². The van der Waals surface area contributed by atoms with Gasteiger partial charge in [-0.2, -0.15) is 0 Å². The first-order valence-electron chi connectivity index (χ1n) is 7.81.